The molecule has 156 valence electrons. The van der Waals surface area contributed by atoms with Crippen molar-refractivity contribution in [3.63, 3.8) is 0 Å². The smallest absolute Gasteiger partial charge is 0.300 e. The molecule has 3 aromatic rings. The van der Waals surface area contributed by atoms with Crippen LogP contribution in [0.3, 0.4) is 0 Å². The van der Waals surface area contributed by atoms with Crippen LogP contribution < -0.4 is 4.90 Å². The summed E-state index contributed by atoms with van der Waals surface area (Å²) in [5, 5.41) is 21.3. The van der Waals surface area contributed by atoms with Crippen molar-refractivity contribution in [1.29, 1.82) is 0 Å². The van der Waals surface area contributed by atoms with Crippen LogP contribution in [0, 0.1) is 0 Å². The summed E-state index contributed by atoms with van der Waals surface area (Å²) in [7, 11) is 0. The lowest BCUT2D eigenvalue weighted by atomic mass is 9.94. The van der Waals surface area contributed by atoms with E-state index < -0.39 is 17.7 Å². The van der Waals surface area contributed by atoms with E-state index in [0.717, 1.165) is 12.0 Å². The molecule has 0 bridgehead atoms. The summed E-state index contributed by atoms with van der Waals surface area (Å²) >= 11 is 5.99. The number of nitrogens with zero attached hydrogens (tertiary/aromatic N) is 1. The number of halogens is 1. The number of amides is 1. The topological polar surface area (TPSA) is 77.8 Å². The summed E-state index contributed by atoms with van der Waals surface area (Å²) in [6, 6.07) is 19.1. The molecule has 0 aliphatic carbocycles. The van der Waals surface area contributed by atoms with Crippen molar-refractivity contribution in [1.82, 2.24) is 0 Å². The van der Waals surface area contributed by atoms with E-state index in [1.54, 1.807) is 48.5 Å². The zero-order chi connectivity index (χ0) is 22.1. The number of rotatable bonds is 4. The number of ketones is 1. The first kappa shape index (κ1) is 20.7. The molecule has 0 saturated carbocycles. The molecule has 0 spiro atoms. The number of phenolic OH excluding ortho intramolecular Hbond substituents is 1. The number of hydrogen-bond acceptors (Lipinski definition) is 4. The predicted molar refractivity (Wildman–Crippen MR) is 120 cm³/mol. The lowest BCUT2D eigenvalue weighted by molar-refractivity contribution is -0.132. The number of phenols is 1. The van der Waals surface area contributed by atoms with Crippen molar-refractivity contribution in [2.24, 2.45) is 0 Å². The normalized spacial score (nSPS) is 17.9. The van der Waals surface area contributed by atoms with Crippen LogP contribution in [-0.4, -0.2) is 21.9 Å². The first-order valence-corrected chi connectivity index (χ1v) is 10.2. The fraction of sp³-hybridized carbons (Fsp3) is 0.120. The van der Waals surface area contributed by atoms with Crippen molar-refractivity contribution in [3.8, 4) is 5.75 Å². The lowest BCUT2D eigenvalue weighted by Crippen LogP contribution is -2.29. The van der Waals surface area contributed by atoms with Gasteiger partial charge in [-0.3, -0.25) is 14.5 Å². The van der Waals surface area contributed by atoms with Gasteiger partial charge in [0, 0.05) is 16.3 Å². The molecular weight excluding hydrogens is 414 g/mol. The summed E-state index contributed by atoms with van der Waals surface area (Å²) < 4.78 is 0. The Kier molecular flexibility index (Phi) is 5.53. The maximum Gasteiger partial charge on any atom is 0.300 e. The van der Waals surface area contributed by atoms with Gasteiger partial charge in [0.15, 0.2) is 0 Å². The molecule has 1 fully saturated rings. The maximum absolute atomic E-state index is 13.1. The molecule has 6 heteroatoms. The number of aromatic hydroxyl groups is 1. The summed E-state index contributed by atoms with van der Waals surface area (Å²) in [5.74, 6) is -1.70. The standard InChI is InChI=1S/C25H20ClNO4/c1-2-15-3-5-17(6-4-15)23(29)21-22(16-7-13-20(28)14-8-16)27(25(31)24(21)30)19-11-9-18(26)10-12-19/h3-14,22,28-29H,2H2,1H3/b23-21+. The van der Waals surface area contributed by atoms with Crippen LogP contribution >= 0.6 is 11.6 Å². The number of carbonyl (C=O) groups is 2. The molecule has 3 aromatic carbocycles. The number of aryl methyl sites for hydroxylation is 1. The Balaban J connectivity index is 1.91. The minimum absolute atomic E-state index is 0.00473. The van der Waals surface area contributed by atoms with Gasteiger partial charge < -0.3 is 10.2 Å². The van der Waals surface area contributed by atoms with Crippen LogP contribution in [0.25, 0.3) is 5.76 Å². The molecule has 1 aliphatic heterocycles. The van der Waals surface area contributed by atoms with E-state index in [1.807, 2.05) is 19.1 Å². The molecule has 1 amide bonds. The average Bonchev–Trinajstić information content (AvgIpc) is 3.05. The first-order valence-electron chi connectivity index (χ1n) is 9.85. The quantitative estimate of drug-likeness (QED) is 0.335. The summed E-state index contributed by atoms with van der Waals surface area (Å²) in [6.45, 7) is 2.03. The Hall–Kier alpha value is -3.57. The van der Waals surface area contributed by atoms with Crippen LogP contribution in [-0.2, 0) is 16.0 Å². The van der Waals surface area contributed by atoms with Gasteiger partial charge in [-0.2, -0.15) is 0 Å². The summed E-state index contributed by atoms with van der Waals surface area (Å²) in [5.41, 5.74) is 2.60. The van der Waals surface area contributed by atoms with Crippen molar-refractivity contribution >= 4 is 34.7 Å². The van der Waals surface area contributed by atoms with Gasteiger partial charge in [-0.25, -0.2) is 0 Å². The zero-order valence-corrected chi connectivity index (χ0v) is 17.5. The Morgan fingerprint density at radius 3 is 2.13 bits per heavy atom. The molecule has 1 unspecified atom stereocenters. The minimum Gasteiger partial charge on any atom is -0.508 e. The number of aliphatic hydroxyl groups is 1. The van der Waals surface area contributed by atoms with Crippen molar-refractivity contribution in [3.05, 3.63) is 100 Å². The van der Waals surface area contributed by atoms with E-state index in [2.05, 4.69) is 0 Å². The second-order valence-corrected chi connectivity index (χ2v) is 7.72. The van der Waals surface area contributed by atoms with Gasteiger partial charge in [-0.15, -0.1) is 0 Å². The molecule has 2 N–H and O–H groups in total. The molecule has 0 radical (unpaired) electrons. The Bertz CT molecular complexity index is 1170. The highest BCUT2D eigenvalue weighted by atomic mass is 35.5. The van der Waals surface area contributed by atoms with E-state index in [-0.39, 0.29) is 17.1 Å². The number of Topliss-reactive ketones (excluding diaryl/α,β-unsaturated/α-hetero) is 1. The number of anilines is 1. The van der Waals surface area contributed by atoms with E-state index in [4.69, 9.17) is 11.6 Å². The van der Waals surface area contributed by atoms with Crippen LogP contribution in [0.1, 0.15) is 29.7 Å². The van der Waals surface area contributed by atoms with E-state index in [1.165, 1.54) is 17.0 Å². The number of hydrogen-bond donors (Lipinski definition) is 2. The fourth-order valence-electron chi connectivity index (χ4n) is 3.73. The lowest BCUT2D eigenvalue weighted by Gasteiger charge is -2.25. The van der Waals surface area contributed by atoms with Gasteiger partial charge in [0.1, 0.15) is 11.5 Å². The van der Waals surface area contributed by atoms with Gasteiger partial charge in [-0.1, -0.05) is 54.9 Å². The third-order valence-corrected chi connectivity index (χ3v) is 5.65. The molecule has 1 atom stereocenters. The second kappa shape index (κ2) is 8.28. The maximum atomic E-state index is 13.1. The van der Waals surface area contributed by atoms with Gasteiger partial charge in [0.25, 0.3) is 11.7 Å². The van der Waals surface area contributed by atoms with E-state index in [9.17, 15) is 19.8 Å². The zero-order valence-electron chi connectivity index (χ0n) is 16.7. The molecular formula is C25H20ClNO4. The highest BCUT2D eigenvalue weighted by Gasteiger charge is 2.46. The molecule has 5 nitrogen and oxygen atoms in total. The molecule has 0 aromatic heterocycles. The Labute approximate surface area is 184 Å². The van der Waals surface area contributed by atoms with Crippen molar-refractivity contribution in [2.45, 2.75) is 19.4 Å². The highest BCUT2D eigenvalue weighted by Crippen LogP contribution is 2.42. The van der Waals surface area contributed by atoms with Crippen LogP contribution in [0.4, 0.5) is 5.69 Å². The monoisotopic (exact) mass is 433 g/mol. The largest absolute Gasteiger partial charge is 0.508 e. The average molecular weight is 434 g/mol. The number of benzene rings is 3. The van der Waals surface area contributed by atoms with E-state index >= 15 is 0 Å². The first-order chi connectivity index (χ1) is 14.9. The Morgan fingerprint density at radius 1 is 0.935 bits per heavy atom. The number of carbonyl (C=O) groups excluding carboxylic acids is 2. The SMILES string of the molecule is CCc1ccc(/C(O)=C2\C(=O)C(=O)N(c3ccc(Cl)cc3)C2c2ccc(O)cc2)cc1. The fourth-order valence-corrected chi connectivity index (χ4v) is 3.85. The third kappa shape index (κ3) is 3.80. The van der Waals surface area contributed by atoms with Crippen LogP contribution in [0.5, 0.6) is 5.75 Å². The van der Waals surface area contributed by atoms with Crippen LogP contribution in [0.15, 0.2) is 78.4 Å². The van der Waals surface area contributed by atoms with Gasteiger partial charge in [-0.05, 0) is 53.9 Å². The molecule has 1 saturated heterocycles. The van der Waals surface area contributed by atoms with Gasteiger partial charge in [0.05, 0.1) is 11.6 Å². The van der Waals surface area contributed by atoms with Crippen molar-refractivity contribution < 1.29 is 19.8 Å². The van der Waals surface area contributed by atoms with Gasteiger partial charge in [0.2, 0.25) is 0 Å². The molecule has 31 heavy (non-hydrogen) atoms. The second-order valence-electron chi connectivity index (χ2n) is 7.29. The summed E-state index contributed by atoms with van der Waals surface area (Å²) in [6.07, 6.45) is 0.843. The van der Waals surface area contributed by atoms with E-state index in [0.29, 0.717) is 21.8 Å². The van der Waals surface area contributed by atoms with Crippen molar-refractivity contribution in [2.75, 3.05) is 4.90 Å². The summed E-state index contributed by atoms with van der Waals surface area (Å²) in [4.78, 5) is 27.4. The third-order valence-electron chi connectivity index (χ3n) is 5.39. The number of aliphatic hydroxyl groups excluding tert-OH is 1. The molecule has 1 aliphatic rings. The van der Waals surface area contributed by atoms with Gasteiger partial charge >= 0.3 is 0 Å². The Morgan fingerprint density at radius 2 is 1.55 bits per heavy atom. The predicted octanol–water partition coefficient (Wildman–Crippen LogP) is 5.23. The minimum atomic E-state index is -0.854. The molecule has 4 rings (SSSR count). The highest BCUT2D eigenvalue weighted by molar-refractivity contribution is 6.51. The molecule has 1 heterocycles. The van der Waals surface area contributed by atoms with Crippen LogP contribution in [0.2, 0.25) is 5.02 Å².